The summed E-state index contributed by atoms with van der Waals surface area (Å²) >= 11 is 1.73. The van der Waals surface area contributed by atoms with Crippen LogP contribution in [0.5, 0.6) is 0 Å². The number of amides is 2. The van der Waals surface area contributed by atoms with E-state index >= 15 is 0 Å². The van der Waals surface area contributed by atoms with E-state index in [1.165, 1.54) is 4.88 Å². The van der Waals surface area contributed by atoms with E-state index in [0.717, 1.165) is 67.1 Å². The molecule has 5 rings (SSSR count). The summed E-state index contributed by atoms with van der Waals surface area (Å²) < 4.78 is 5.42. The van der Waals surface area contributed by atoms with Gasteiger partial charge in [-0.2, -0.15) is 0 Å². The van der Waals surface area contributed by atoms with Gasteiger partial charge in [0.25, 0.3) is 5.91 Å². The van der Waals surface area contributed by atoms with Crippen LogP contribution in [0.3, 0.4) is 0 Å². The molecule has 0 spiro atoms. The fourth-order valence-electron chi connectivity index (χ4n) is 6.06. The molecule has 2 amide bonds. The quantitative estimate of drug-likeness (QED) is 0.632. The average molecular weight is 496 g/mol. The van der Waals surface area contributed by atoms with Crippen LogP contribution in [-0.4, -0.2) is 67.6 Å². The van der Waals surface area contributed by atoms with Gasteiger partial charge in [-0.15, -0.1) is 11.3 Å². The fourth-order valence-corrected chi connectivity index (χ4v) is 7.11. The maximum atomic E-state index is 13.3. The predicted molar refractivity (Wildman–Crippen MR) is 139 cm³/mol. The first-order chi connectivity index (χ1) is 16.9. The van der Waals surface area contributed by atoms with Crippen molar-refractivity contribution in [2.75, 3.05) is 45.9 Å². The van der Waals surface area contributed by atoms with Crippen molar-refractivity contribution in [3.05, 3.63) is 56.8 Å². The molecule has 3 aliphatic heterocycles. The molecule has 4 heterocycles. The number of carbonyl (C=O) groups is 2. The van der Waals surface area contributed by atoms with Crippen molar-refractivity contribution in [3.63, 3.8) is 0 Å². The van der Waals surface area contributed by atoms with Crippen molar-refractivity contribution in [3.8, 4) is 0 Å². The number of benzene rings is 1. The van der Waals surface area contributed by atoms with Crippen LogP contribution in [0.4, 0.5) is 0 Å². The van der Waals surface area contributed by atoms with Crippen LogP contribution in [0.2, 0.25) is 0 Å². The molecule has 3 saturated heterocycles. The van der Waals surface area contributed by atoms with Gasteiger partial charge in [0.15, 0.2) is 0 Å². The number of ether oxygens (including phenoxy) is 1. The second-order valence-electron chi connectivity index (χ2n) is 10.5. The number of hydrogen-bond acceptors (Lipinski definition) is 5. The molecule has 188 valence electrons. The minimum absolute atomic E-state index is 0.00981. The summed E-state index contributed by atoms with van der Waals surface area (Å²) in [6.07, 6.45) is 1.69. The number of hydrogen-bond donors (Lipinski definition) is 1. The summed E-state index contributed by atoms with van der Waals surface area (Å²) in [7, 11) is 0. The van der Waals surface area contributed by atoms with Crippen LogP contribution < -0.4 is 5.32 Å². The fraction of sp³-hybridized carbons (Fsp3) is 0.571. The molecule has 0 radical (unpaired) electrons. The molecule has 4 atom stereocenters. The lowest BCUT2D eigenvalue weighted by atomic mass is 10.0. The first kappa shape index (κ1) is 24.5. The number of rotatable bonds is 7. The van der Waals surface area contributed by atoms with E-state index in [9.17, 15) is 9.59 Å². The number of fused-ring (bicyclic) bond motifs is 1. The van der Waals surface area contributed by atoms with Crippen LogP contribution in [0.1, 0.15) is 50.1 Å². The molecule has 0 aliphatic carbocycles. The second-order valence-corrected chi connectivity index (χ2v) is 12.0. The van der Waals surface area contributed by atoms with Crippen LogP contribution in [0.25, 0.3) is 0 Å². The van der Waals surface area contributed by atoms with E-state index in [1.807, 2.05) is 18.2 Å². The van der Waals surface area contributed by atoms with Crippen LogP contribution in [0, 0.1) is 38.5 Å². The highest BCUT2D eigenvalue weighted by atomic mass is 32.1. The third-order valence-electron chi connectivity index (χ3n) is 8.18. The Kier molecular flexibility index (Phi) is 7.28. The normalized spacial score (nSPS) is 25.1. The maximum absolute atomic E-state index is 13.3. The smallest absolute Gasteiger partial charge is 0.255 e. The van der Waals surface area contributed by atoms with Gasteiger partial charge in [0.2, 0.25) is 5.91 Å². The standard InChI is InChI=1S/C28H37N3O3S/c1-18-19(2)35-20(3)26(18)28(33)31-15-23-13-30(14-24(23)16-31)11-9-25(21-7-5-4-6-8-21)29-27(32)22-10-12-34-17-22/h4-8,22-25H,9-17H2,1-3H3,(H,29,32)/t22?,23-,24?,25+/m0/s1. The van der Waals surface area contributed by atoms with E-state index in [4.69, 9.17) is 4.74 Å². The Labute approximate surface area is 212 Å². The van der Waals surface area contributed by atoms with Crippen molar-refractivity contribution < 1.29 is 14.3 Å². The second kappa shape index (κ2) is 10.4. The molecular formula is C28H37N3O3S. The Morgan fingerprint density at radius 2 is 1.77 bits per heavy atom. The number of carbonyl (C=O) groups excluding carboxylic acids is 2. The SMILES string of the molecule is Cc1sc(C)c(C(=O)N2CC3CN(CC[C@@H](NC(=O)C4CCOC4)c4ccccc4)C[C@H]3C2)c1C. The summed E-state index contributed by atoms with van der Waals surface area (Å²) in [4.78, 5) is 33.1. The van der Waals surface area contributed by atoms with Crippen molar-refractivity contribution in [1.29, 1.82) is 0 Å². The van der Waals surface area contributed by atoms with E-state index in [0.29, 0.717) is 25.0 Å². The monoisotopic (exact) mass is 495 g/mol. The number of nitrogens with one attached hydrogen (secondary N) is 1. The molecule has 0 saturated carbocycles. The Hall–Kier alpha value is -2.22. The molecule has 0 bridgehead atoms. The molecule has 1 N–H and O–H groups in total. The van der Waals surface area contributed by atoms with Gasteiger partial charge in [-0.1, -0.05) is 30.3 Å². The van der Waals surface area contributed by atoms with E-state index in [-0.39, 0.29) is 23.8 Å². The van der Waals surface area contributed by atoms with Crippen LogP contribution >= 0.6 is 11.3 Å². The zero-order chi connectivity index (χ0) is 24.5. The van der Waals surface area contributed by atoms with Gasteiger partial charge >= 0.3 is 0 Å². The van der Waals surface area contributed by atoms with E-state index < -0.39 is 0 Å². The summed E-state index contributed by atoms with van der Waals surface area (Å²) in [6.45, 7) is 12.2. The summed E-state index contributed by atoms with van der Waals surface area (Å²) in [5.74, 6) is 1.38. The Bertz CT molecular complexity index is 1050. The lowest BCUT2D eigenvalue weighted by molar-refractivity contribution is -0.125. The predicted octanol–water partition coefficient (Wildman–Crippen LogP) is 3.96. The highest BCUT2D eigenvalue weighted by Gasteiger charge is 2.42. The molecule has 1 aromatic heterocycles. The average Bonchev–Trinajstić information content (AvgIpc) is 3.62. The molecule has 7 heteroatoms. The summed E-state index contributed by atoms with van der Waals surface area (Å²) in [5.41, 5.74) is 3.24. The van der Waals surface area contributed by atoms with Gasteiger partial charge in [0.05, 0.1) is 24.1 Å². The van der Waals surface area contributed by atoms with Gasteiger partial charge in [-0.05, 0) is 56.6 Å². The van der Waals surface area contributed by atoms with E-state index in [2.05, 4.69) is 48.0 Å². The van der Waals surface area contributed by atoms with Crippen molar-refractivity contribution in [2.24, 2.45) is 17.8 Å². The highest BCUT2D eigenvalue weighted by molar-refractivity contribution is 7.12. The third kappa shape index (κ3) is 5.18. The number of nitrogens with zero attached hydrogens (tertiary/aromatic N) is 2. The largest absolute Gasteiger partial charge is 0.381 e. The molecule has 3 aliphatic rings. The Morgan fingerprint density at radius 3 is 2.37 bits per heavy atom. The minimum atomic E-state index is -0.0323. The highest BCUT2D eigenvalue weighted by Crippen LogP contribution is 2.35. The van der Waals surface area contributed by atoms with Crippen LogP contribution in [0.15, 0.2) is 30.3 Å². The zero-order valence-electron chi connectivity index (χ0n) is 21.1. The molecule has 3 fully saturated rings. The zero-order valence-corrected chi connectivity index (χ0v) is 21.9. The first-order valence-corrected chi connectivity index (χ1v) is 13.7. The minimum Gasteiger partial charge on any atom is -0.381 e. The van der Waals surface area contributed by atoms with Gasteiger partial charge < -0.3 is 19.9 Å². The molecule has 35 heavy (non-hydrogen) atoms. The number of aryl methyl sites for hydroxylation is 2. The summed E-state index contributed by atoms with van der Waals surface area (Å²) in [5, 5.41) is 3.30. The van der Waals surface area contributed by atoms with E-state index in [1.54, 1.807) is 11.3 Å². The number of thiophene rings is 1. The van der Waals surface area contributed by atoms with Gasteiger partial charge in [0.1, 0.15) is 0 Å². The molecule has 2 aromatic rings. The Morgan fingerprint density at radius 1 is 1.06 bits per heavy atom. The van der Waals surface area contributed by atoms with Gasteiger partial charge in [-0.3, -0.25) is 9.59 Å². The van der Waals surface area contributed by atoms with Gasteiger partial charge in [0, 0.05) is 49.1 Å². The van der Waals surface area contributed by atoms with Crippen molar-refractivity contribution >= 4 is 23.2 Å². The van der Waals surface area contributed by atoms with Crippen molar-refractivity contribution in [2.45, 2.75) is 39.7 Å². The lowest BCUT2D eigenvalue weighted by Crippen LogP contribution is -2.37. The topological polar surface area (TPSA) is 61.9 Å². The molecule has 2 unspecified atom stereocenters. The number of likely N-dealkylation sites (tertiary alicyclic amines) is 2. The maximum Gasteiger partial charge on any atom is 0.255 e. The van der Waals surface area contributed by atoms with Crippen molar-refractivity contribution in [1.82, 2.24) is 15.1 Å². The van der Waals surface area contributed by atoms with Gasteiger partial charge in [-0.25, -0.2) is 0 Å². The first-order valence-electron chi connectivity index (χ1n) is 12.9. The lowest BCUT2D eigenvalue weighted by Gasteiger charge is -2.25. The Balaban J connectivity index is 1.17. The molecule has 6 nitrogen and oxygen atoms in total. The molecular weight excluding hydrogens is 458 g/mol. The summed E-state index contributed by atoms with van der Waals surface area (Å²) in [6, 6.07) is 10.3. The van der Waals surface area contributed by atoms with Crippen LogP contribution in [-0.2, 0) is 9.53 Å². The third-order valence-corrected chi connectivity index (χ3v) is 9.30. The molecule has 1 aromatic carbocycles.